The summed E-state index contributed by atoms with van der Waals surface area (Å²) in [6.45, 7) is 2.09. The Bertz CT molecular complexity index is 765. The molecule has 4 heteroatoms. The van der Waals surface area contributed by atoms with Crippen molar-refractivity contribution in [1.82, 2.24) is 5.32 Å². The highest BCUT2D eigenvalue weighted by Crippen LogP contribution is 2.21. The van der Waals surface area contributed by atoms with E-state index in [9.17, 15) is 4.79 Å². The second-order valence-corrected chi connectivity index (χ2v) is 5.07. The average Bonchev–Trinajstić information content (AvgIpc) is 3.06. The summed E-state index contributed by atoms with van der Waals surface area (Å²) in [5, 5.41) is 5.01. The standard InChI is InChI=1S/C18H17NO3/c1-13(18(20)19-12-17-7-4-10-21-17)22-16-9-8-14-5-2-3-6-15(14)11-16/h2-11,13H,12H2,1H3,(H,19,20)/t13-/m0/s1. The Morgan fingerprint density at radius 1 is 1.14 bits per heavy atom. The molecule has 0 aliphatic heterocycles. The predicted octanol–water partition coefficient (Wildman–Crippen LogP) is 3.52. The third-order valence-corrected chi connectivity index (χ3v) is 3.42. The minimum Gasteiger partial charge on any atom is -0.481 e. The summed E-state index contributed by atoms with van der Waals surface area (Å²) in [5.41, 5.74) is 0. The van der Waals surface area contributed by atoms with Crippen LogP contribution in [0, 0.1) is 0 Å². The van der Waals surface area contributed by atoms with E-state index < -0.39 is 6.10 Å². The van der Waals surface area contributed by atoms with Gasteiger partial charge in [-0.1, -0.05) is 30.3 Å². The summed E-state index contributed by atoms with van der Waals surface area (Å²) in [5.74, 6) is 1.22. The molecule has 0 radical (unpaired) electrons. The van der Waals surface area contributed by atoms with E-state index in [1.54, 1.807) is 19.3 Å². The Kier molecular flexibility index (Phi) is 4.10. The molecule has 0 aliphatic carbocycles. The number of fused-ring (bicyclic) bond motifs is 1. The summed E-state index contributed by atoms with van der Waals surface area (Å²) in [6, 6.07) is 17.4. The highest BCUT2D eigenvalue weighted by atomic mass is 16.5. The first-order chi connectivity index (χ1) is 10.7. The molecule has 3 rings (SSSR count). The van der Waals surface area contributed by atoms with Gasteiger partial charge in [0.05, 0.1) is 12.8 Å². The Morgan fingerprint density at radius 3 is 2.73 bits per heavy atom. The maximum Gasteiger partial charge on any atom is 0.261 e. The lowest BCUT2D eigenvalue weighted by molar-refractivity contribution is -0.127. The summed E-state index contributed by atoms with van der Waals surface area (Å²) in [6.07, 6.45) is 1.01. The van der Waals surface area contributed by atoms with Crippen LogP contribution < -0.4 is 10.1 Å². The Labute approximate surface area is 128 Å². The Morgan fingerprint density at radius 2 is 1.95 bits per heavy atom. The van der Waals surface area contributed by atoms with Crippen LogP contribution in [-0.2, 0) is 11.3 Å². The number of nitrogens with one attached hydrogen (secondary N) is 1. The van der Waals surface area contributed by atoms with Gasteiger partial charge in [-0.15, -0.1) is 0 Å². The molecule has 112 valence electrons. The first-order valence-electron chi connectivity index (χ1n) is 7.18. The number of ether oxygens (including phenoxy) is 1. The highest BCUT2D eigenvalue weighted by molar-refractivity contribution is 5.84. The molecule has 4 nitrogen and oxygen atoms in total. The molecule has 1 N–H and O–H groups in total. The van der Waals surface area contributed by atoms with Crippen molar-refractivity contribution >= 4 is 16.7 Å². The number of carbonyl (C=O) groups is 1. The van der Waals surface area contributed by atoms with Gasteiger partial charge in [-0.3, -0.25) is 4.79 Å². The summed E-state index contributed by atoms with van der Waals surface area (Å²) < 4.78 is 10.9. The van der Waals surface area contributed by atoms with Gasteiger partial charge in [0.15, 0.2) is 6.10 Å². The first-order valence-corrected chi connectivity index (χ1v) is 7.18. The Balaban J connectivity index is 1.61. The third-order valence-electron chi connectivity index (χ3n) is 3.42. The smallest absolute Gasteiger partial charge is 0.261 e. The number of carbonyl (C=O) groups excluding carboxylic acids is 1. The predicted molar refractivity (Wildman–Crippen MR) is 84.6 cm³/mol. The van der Waals surface area contributed by atoms with E-state index in [2.05, 4.69) is 5.32 Å². The van der Waals surface area contributed by atoms with Crippen molar-refractivity contribution in [2.45, 2.75) is 19.6 Å². The molecule has 1 aromatic heterocycles. The van der Waals surface area contributed by atoms with Crippen LogP contribution in [0.2, 0.25) is 0 Å². The number of amides is 1. The molecule has 0 spiro atoms. The molecule has 22 heavy (non-hydrogen) atoms. The van der Waals surface area contributed by atoms with E-state index in [0.717, 1.165) is 10.8 Å². The fourth-order valence-corrected chi connectivity index (χ4v) is 2.23. The van der Waals surface area contributed by atoms with Crippen LogP contribution in [0.1, 0.15) is 12.7 Å². The second kappa shape index (κ2) is 6.35. The van der Waals surface area contributed by atoms with Gasteiger partial charge in [0, 0.05) is 0 Å². The van der Waals surface area contributed by atoms with Crippen molar-refractivity contribution in [2.24, 2.45) is 0 Å². The Hall–Kier alpha value is -2.75. The van der Waals surface area contributed by atoms with Crippen LogP contribution in [0.25, 0.3) is 10.8 Å². The molecular formula is C18H17NO3. The van der Waals surface area contributed by atoms with E-state index in [4.69, 9.17) is 9.15 Å². The molecule has 1 atom stereocenters. The van der Waals surface area contributed by atoms with Crippen LogP contribution >= 0.6 is 0 Å². The van der Waals surface area contributed by atoms with E-state index in [1.165, 1.54) is 0 Å². The summed E-state index contributed by atoms with van der Waals surface area (Å²) >= 11 is 0. The molecule has 0 aliphatic rings. The minimum absolute atomic E-state index is 0.176. The average molecular weight is 295 g/mol. The van der Waals surface area contributed by atoms with E-state index in [1.807, 2.05) is 48.5 Å². The molecule has 0 fully saturated rings. The van der Waals surface area contributed by atoms with Gasteiger partial charge in [0.2, 0.25) is 0 Å². The molecule has 0 unspecified atom stereocenters. The summed E-state index contributed by atoms with van der Waals surface area (Å²) in [4.78, 5) is 12.0. The van der Waals surface area contributed by atoms with Gasteiger partial charge in [-0.25, -0.2) is 0 Å². The lowest BCUT2D eigenvalue weighted by Crippen LogP contribution is -2.35. The van der Waals surface area contributed by atoms with E-state index in [-0.39, 0.29) is 5.91 Å². The van der Waals surface area contributed by atoms with Gasteiger partial charge in [-0.2, -0.15) is 0 Å². The van der Waals surface area contributed by atoms with Crippen LogP contribution in [0.4, 0.5) is 0 Å². The van der Waals surface area contributed by atoms with Crippen molar-refractivity contribution in [1.29, 1.82) is 0 Å². The third kappa shape index (κ3) is 3.28. The van der Waals surface area contributed by atoms with Crippen LogP contribution in [0.15, 0.2) is 65.3 Å². The van der Waals surface area contributed by atoms with Gasteiger partial charge in [-0.05, 0) is 42.0 Å². The minimum atomic E-state index is -0.573. The van der Waals surface area contributed by atoms with Gasteiger partial charge < -0.3 is 14.5 Å². The molecule has 1 heterocycles. The highest BCUT2D eigenvalue weighted by Gasteiger charge is 2.14. The monoisotopic (exact) mass is 295 g/mol. The van der Waals surface area contributed by atoms with Gasteiger partial charge in [0.25, 0.3) is 5.91 Å². The summed E-state index contributed by atoms with van der Waals surface area (Å²) in [7, 11) is 0. The number of hydrogen-bond acceptors (Lipinski definition) is 3. The van der Waals surface area contributed by atoms with Gasteiger partial charge in [0.1, 0.15) is 11.5 Å². The molecule has 1 amide bonds. The van der Waals surface area contributed by atoms with Crippen LogP contribution in [-0.4, -0.2) is 12.0 Å². The molecular weight excluding hydrogens is 278 g/mol. The fourth-order valence-electron chi connectivity index (χ4n) is 2.23. The zero-order valence-corrected chi connectivity index (χ0v) is 12.3. The van der Waals surface area contributed by atoms with Crippen molar-refractivity contribution in [3.63, 3.8) is 0 Å². The van der Waals surface area contributed by atoms with Crippen LogP contribution in [0.5, 0.6) is 5.75 Å². The fraction of sp³-hybridized carbons (Fsp3) is 0.167. The molecule has 0 saturated heterocycles. The topological polar surface area (TPSA) is 51.5 Å². The number of rotatable bonds is 5. The normalized spacial score (nSPS) is 12.0. The van der Waals surface area contributed by atoms with Crippen LogP contribution in [0.3, 0.4) is 0 Å². The SMILES string of the molecule is C[C@H](Oc1ccc2ccccc2c1)C(=O)NCc1ccco1. The lowest BCUT2D eigenvalue weighted by Gasteiger charge is -2.14. The number of benzene rings is 2. The van der Waals surface area contributed by atoms with Crippen molar-refractivity contribution in [3.05, 3.63) is 66.6 Å². The lowest BCUT2D eigenvalue weighted by atomic mass is 10.1. The maximum atomic E-state index is 12.0. The largest absolute Gasteiger partial charge is 0.481 e. The van der Waals surface area contributed by atoms with Crippen molar-refractivity contribution in [3.8, 4) is 5.75 Å². The molecule has 3 aromatic rings. The second-order valence-electron chi connectivity index (χ2n) is 5.07. The maximum absolute atomic E-state index is 12.0. The van der Waals surface area contributed by atoms with E-state index >= 15 is 0 Å². The quantitative estimate of drug-likeness (QED) is 0.783. The van der Waals surface area contributed by atoms with Crippen molar-refractivity contribution < 1.29 is 13.9 Å². The zero-order chi connectivity index (χ0) is 15.4. The zero-order valence-electron chi connectivity index (χ0n) is 12.3. The molecule has 0 saturated carbocycles. The van der Waals surface area contributed by atoms with Gasteiger partial charge >= 0.3 is 0 Å². The number of furan rings is 1. The van der Waals surface area contributed by atoms with E-state index in [0.29, 0.717) is 18.1 Å². The molecule has 2 aromatic carbocycles. The number of hydrogen-bond donors (Lipinski definition) is 1. The molecule has 0 bridgehead atoms. The van der Waals surface area contributed by atoms with Crippen molar-refractivity contribution in [2.75, 3.05) is 0 Å². The first kappa shape index (κ1) is 14.2.